The minimum Gasteiger partial charge on any atom is -0.462 e. The first kappa shape index (κ1) is 21.1. The molecule has 9 heteroatoms. The van der Waals surface area contributed by atoms with Crippen molar-refractivity contribution in [2.75, 3.05) is 11.9 Å². The van der Waals surface area contributed by atoms with Gasteiger partial charge in [-0.25, -0.2) is 9.59 Å². The van der Waals surface area contributed by atoms with Gasteiger partial charge in [-0.15, -0.1) is 0 Å². The van der Waals surface area contributed by atoms with Gasteiger partial charge < -0.3 is 24.4 Å². The van der Waals surface area contributed by atoms with Crippen LogP contribution in [0.5, 0.6) is 0 Å². The van der Waals surface area contributed by atoms with Crippen LogP contribution in [0.3, 0.4) is 0 Å². The SMILES string of the molecule is C[C@@H]1CC[C@@]2(O)[C@@]13C[C@@H](OC(=O)[C@@H]3O)[C@@]1(OC(=O)CCCCBr)C(=O)OC[C@@]21C. The summed E-state index contributed by atoms with van der Waals surface area (Å²) in [6.07, 6.45) is -0.329. The Labute approximate surface area is 177 Å². The second-order valence-corrected chi connectivity index (χ2v) is 9.93. The van der Waals surface area contributed by atoms with Gasteiger partial charge in [-0.2, -0.15) is 0 Å². The number of cyclic esters (lactones) is 1. The number of fused-ring (bicyclic) bond motifs is 4. The van der Waals surface area contributed by atoms with Crippen molar-refractivity contribution >= 4 is 33.8 Å². The van der Waals surface area contributed by atoms with Gasteiger partial charge in [0.1, 0.15) is 6.61 Å². The number of aliphatic hydroxyl groups excluding tert-OH is 1. The quantitative estimate of drug-likeness (QED) is 0.264. The van der Waals surface area contributed by atoms with Gasteiger partial charge in [0.15, 0.2) is 12.2 Å². The molecule has 2 heterocycles. The fourth-order valence-electron chi connectivity index (χ4n) is 6.46. The first-order valence-electron chi connectivity index (χ1n) is 10.2. The molecule has 4 rings (SSSR count). The lowest BCUT2D eigenvalue weighted by Gasteiger charge is -2.64. The zero-order valence-electron chi connectivity index (χ0n) is 16.6. The summed E-state index contributed by atoms with van der Waals surface area (Å²) in [5.74, 6) is -2.48. The number of halogens is 1. The highest BCUT2D eigenvalue weighted by molar-refractivity contribution is 9.09. The largest absolute Gasteiger partial charge is 0.462 e. The average Bonchev–Trinajstić information content (AvgIpc) is 3.09. The molecular weight excluding hydrogens is 448 g/mol. The molecule has 7 atom stereocenters. The van der Waals surface area contributed by atoms with Crippen LogP contribution in [0.4, 0.5) is 0 Å². The van der Waals surface area contributed by atoms with E-state index in [2.05, 4.69) is 15.9 Å². The second kappa shape index (κ2) is 6.65. The fourth-order valence-corrected chi connectivity index (χ4v) is 6.85. The molecular formula is C20H27BrO8. The summed E-state index contributed by atoms with van der Waals surface area (Å²) in [6, 6.07) is 0. The highest BCUT2D eigenvalue weighted by atomic mass is 79.9. The molecule has 0 aromatic rings. The topological polar surface area (TPSA) is 119 Å². The van der Waals surface area contributed by atoms with Crippen LogP contribution >= 0.6 is 15.9 Å². The van der Waals surface area contributed by atoms with E-state index in [9.17, 15) is 24.6 Å². The predicted molar refractivity (Wildman–Crippen MR) is 102 cm³/mol. The maximum Gasteiger partial charge on any atom is 0.355 e. The molecule has 29 heavy (non-hydrogen) atoms. The van der Waals surface area contributed by atoms with E-state index in [1.54, 1.807) is 6.92 Å². The molecule has 2 N–H and O–H groups in total. The molecule has 2 aliphatic carbocycles. The van der Waals surface area contributed by atoms with Crippen molar-refractivity contribution in [1.29, 1.82) is 0 Å². The second-order valence-electron chi connectivity index (χ2n) is 9.14. The summed E-state index contributed by atoms with van der Waals surface area (Å²) in [4.78, 5) is 38.3. The molecule has 0 amide bonds. The van der Waals surface area contributed by atoms with Gasteiger partial charge in [0.2, 0.25) is 0 Å². The predicted octanol–water partition coefficient (Wildman–Crippen LogP) is 1.23. The number of carbonyl (C=O) groups is 3. The molecule has 0 unspecified atom stereocenters. The third-order valence-electron chi connectivity index (χ3n) is 8.10. The fraction of sp³-hybridized carbons (Fsp3) is 0.850. The molecule has 2 aliphatic heterocycles. The maximum atomic E-state index is 13.0. The number of aliphatic hydroxyl groups is 2. The third kappa shape index (κ3) is 2.29. The lowest BCUT2D eigenvalue weighted by atomic mass is 9.44. The summed E-state index contributed by atoms with van der Waals surface area (Å²) >= 11 is 3.31. The van der Waals surface area contributed by atoms with Gasteiger partial charge >= 0.3 is 17.9 Å². The van der Waals surface area contributed by atoms with E-state index in [-0.39, 0.29) is 31.8 Å². The molecule has 2 saturated carbocycles. The van der Waals surface area contributed by atoms with Crippen molar-refractivity contribution < 1.29 is 38.8 Å². The molecule has 0 aromatic carbocycles. The van der Waals surface area contributed by atoms with Gasteiger partial charge in [0, 0.05) is 23.6 Å². The normalized spacial score (nSPS) is 47.8. The lowest BCUT2D eigenvalue weighted by molar-refractivity contribution is -0.322. The molecule has 4 fully saturated rings. The first-order chi connectivity index (χ1) is 13.6. The summed E-state index contributed by atoms with van der Waals surface area (Å²) < 4.78 is 16.6. The first-order valence-corrected chi connectivity index (χ1v) is 11.3. The van der Waals surface area contributed by atoms with Crippen LogP contribution in [0.25, 0.3) is 0 Å². The minimum atomic E-state index is -1.92. The Hall–Kier alpha value is -1.19. The number of esters is 3. The zero-order chi connectivity index (χ0) is 21.2. The van der Waals surface area contributed by atoms with E-state index >= 15 is 0 Å². The van der Waals surface area contributed by atoms with Crippen LogP contribution < -0.4 is 0 Å². The Kier molecular flexibility index (Phi) is 4.83. The van der Waals surface area contributed by atoms with Crippen LogP contribution in [0, 0.1) is 16.7 Å². The maximum absolute atomic E-state index is 13.0. The standard InChI is InChI=1S/C20H27BrO8/c1-11-6-7-19(26)17(2)10-27-16(25)20(17,29-13(22)5-3-4-8-21)12-9-18(11,19)14(23)15(24)28-12/h11-12,14,23,26H,3-10H2,1-2H3/t11-,12-,14+,17+,18+,19+,20-/m1/s1. The van der Waals surface area contributed by atoms with Crippen molar-refractivity contribution in [3.05, 3.63) is 0 Å². The van der Waals surface area contributed by atoms with Gasteiger partial charge in [0.25, 0.3) is 5.60 Å². The molecule has 162 valence electrons. The number of unbranched alkanes of at least 4 members (excludes halogenated alkanes) is 1. The zero-order valence-corrected chi connectivity index (χ0v) is 18.2. The Morgan fingerprint density at radius 3 is 2.76 bits per heavy atom. The third-order valence-corrected chi connectivity index (χ3v) is 8.66. The van der Waals surface area contributed by atoms with Crippen molar-refractivity contribution in [1.82, 2.24) is 0 Å². The summed E-state index contributed by atoms with van der Waals surface area (Å²) in [7, 11) is 0. The number of hydrogen-bond donors (Lipinski definition) is 2. The average molecular weight is 475 g/mol. The highest BCUT2D eigenvalue weighted by Gasteiger charge is 2.87. The molecule has 8 nitrogen and oxygen atoms in total. The van der Waals surface area contributed by atoms with Crippen LogP contribution in [-0.4, -0.2) is 63.5 Å². The smallest absolute Gasteiger partial charge is 0.355 e. The van der Waals surface area contributed by atoms with Gasteiger partial charge in [-0.05, 0) is 38.5 Å². The van der Waals surface area contributed by atoms with E-state index in [1.165, 1.54) is 0 Å². The molecule has 0 radical (unpaired) electrons. The molecule has 2 bridgehead atoms. The minimum absolute atomic E-state index is 0.0386. The van der Waals surface area contributed by atoms with Gasteiger partial charge in [-0.3, -0.25) is 4.79 Å². The van der Waals surface area contributed by atoms with Crippen molar-refractivity contribution in [2.45, 2.75) is 75.8 Å². The lowest BCUT2D eigenvalue weighted by Crippen LogP contribution is -2.81. The van der Waals surface area contributed by atoms with Crippen LogP contribution in [0.15, 0.2) is 0 Å². The van der Waals surface area contributed by atoms with E-state index in [1.807, 2.05) is 6.92 Å². The Balaban J connectivity index is 1.82. The molecule has 2 saturated heterocycles. The van der Waals surface area contributed by atoms with E-state index in [4.69, 9.17) is 14.2 Å². The van der Waals surface area contributed by atoms with Crippen molar-refractivity contribution in [2.24, 2.45) is 16.7 Å². The number of rotatable bonds is 5. The summed E-state index contributed by atoms with van der Waals surface area (Å²) in [5.41, 5.74) is -6.08. The van der Waals surface area contributed by atoms with E-state index in [0.717, 1.165) is 11.8 Å². The molecule has 0 aromatic heterocycles. The molecule has 1 spiro atoms. The molecule has 4 aliphatic rings. The Morgan fingerprint density at radius 2 is 2.07 bits per heavy atom. The van der Waals surface area contributed by atoms with Crippen molar-refractivity contribution in [3.8, 4) is 0 Å². The highest BCUT2D eigenvalue weighted by Crippen LogP contribution is 2.72. The summed E-state index contributed by atoms with van der Waals surface area (Å²) in [6.45, 7) is 3.36. The van der Waals surface area contributed by atoms with Gasteiger partial charge in [-0.1, -0.05) is 22.9 Å². The Bertz CT molecular complexity index is 757. The van der Waals surface area contributed by atoms with E-state index < -0.39 is 52.1 Å². The number of ether oxygens (including phenoxy) is 3. The number of carbonyl (C=O) groups excluding carboxylic acids is 3. The monoisotopic (exact) mass is 474 g/mol. The van der Waals surface area contributed by atoms with E-state index in [0.29, 0.717) is 12.8 Å². The number of alkyl halides is 1. The van der Waals surface area contributed by atoms with Gasteiger partial charge in [0.05, 0.1) is 11.0 Å². The van der Waals surface area contributed by atoms with Crippen LogP contribution in [0.1, 0.15) is 52.4 Å². The van der Waals surface area contributed by atoms with Crippen LogP contribution in [0.2, 0.25) is 0 Å². The van der Waals surface area contributed by atoms with Crippen molar-refractivity contribution in [3.63, 3.8) is 0 Å². The van der Waals surface area contributed by atoms with Crippen LogP contribution in [-0.2, 0) is 28.6 Å². The Morgan fingerprint density at radius 1 is 1.34 bits per heavy atom. The number of hydrogen-bond acceptors (Lipinski definition) is 8. The summed E-state index contributed by atoms with van der Waals surface area (Å²) in [5, 5.41) is 23.6.